The van der Waals surface area contributed by atoms with Gasteiger partial charge < -0.3 is 5.32 Å². The summed E-state index contributed by atoms with van der Waals surface area (Å²) < 4.78 is 0. The molecule has 2 N–H and O–H groups in total. The van der Waals surface area contributed by atoms with Crippen molar-refractivity contribution in [1.82, 2.24) is 10.8 Å². The number of piperidine rings is 1. The average Bonchev–Trinajstić information content (AvgIpc) is 2.41. The highest BCUT2D eigenvalue weighted by atomic mass is 16.6. The van der Waals surface area contributed by atoms with Gasteiger partial charge in [0, 0.05) is 12.1 Å². The minimum absolute atomic E-state index is 0.393. The molecule has 1 heterocycles. The van der Waals surface area contributed by atoms with Crippen LogP contribution in [-0.2, 0) is 11.4 Å². The van der Waals surface area contributed by atoms with Crippen molar-refractivity contribution in [3.63, 3.8) is 0 Å². The molecule has 1 aromatic rings. The molecule has 0 aliphatic carbocycles. The largest absolute Gasteiger partial charge is 0.314 e. The van der Waals surface area contributed by atoms with Crippen LogP contribution in [0.2, 0.25) is 0 Å². The fourth-order valence-corrected chi connectivity index (χ4v) is 2.44. The molecular weight excluding hydrogens is 224 g/mol. The van der Waals surface area contributed by atoms with Gasteiger partial charge in [-0.25, -0.2) is 0 Å². The highest BCUT2D eigenvalue weighted by Gasteiger charge is 2.15. The second-order valence-electron chi connectivity index (χ2n) is 5.18. The Kier molecular flexibility index (Phi) is 5.65. The first kappa shape index (κ1) is 13.5. The van der Waals surface area contributed by atoms with Crippen molar-refractivity contribution in [3.8, 4) is 0 Å². The van der Waals surface area contributed by atoms with Gasteiger partial charge in [-0.1, -0.05) is 36.8 Å². The predicted octanol–water partition coefficient (Wildman–Crippen LogP) is 2.63. The molecule has 1 aliphatic heterocycles. The number of rotatable bonds is 6. The predicted molar refractivity (Wildman–Crippen MR) is 74.1 cm³/mol. The Bertz CT molecular complexity index is 323. The molecule has 2 unspecified atom stereocenters. The van der Waals surface area contributed by atoms with Crippen molar-refractivity contribution in [2.24, 2.45) is 0 Å². The lowest BCUT2D eigenvalue weighted by molar-refractivity contribution is 0.00317. The van der Waals surface area contributed by atoms with Crippen molar-refractivity contribution in [2.45, 2.75) is 51.3 Å². The molecule has 3 heteroatoms. The highest BCUT2D eigenvalue weighted by Crippen LogP contribution is 2.12. The Morgan fingerprint density at radius 3 is 2.89 bits per heavy atom. The summed E-state index contributed by atoms with van der Waals surface area (Å²) in [4.78, 5) is 5.55. The number of benzene rings is 1. The van der Waals surface area contributed by atoms with E-state index in [1.165, 1.54) is 31.4 Å². The van der Waals surface area contributed by atoms with Crippen LogP contribution in [0.25, 0.3) is 0 Å². The van der Waals surface area contributed by atoms with Gasteiger partial charge in [0.2, 0.25) is 0 Å². The van der Waals surface area contributed by atoms with Gasteiger partial charge in [0.25, 0.3) is 0 Å². The third-order valence-electron chi connectivity index (χ3n) is 3.42. The molecule has 0 amide bonds. The van der Waals surface area contributed by atoms with Crippen LogP contribution in [0.5, 0.6) is 0 Å². The Hall–Kier alpha value is -0.900. The minimum Gasteiger partial charge on any atom is -0.314 e. The number of hydroxylamine groups is 1. The van der Waals surface area contributed by atoms with Crippen LogP contribution in [0, 0.1) is 0 Å². The van der Waals surface area contributed by atoms with Crippen molar-refractivity contribution in [3.05, 3.63) is 35.9 Å². The van der Waals surface area contributed by atoms with Gasteiger partial charge in [0.1, 0.15) is 0 Å². The second-order valence-corrected chi connectivity index (χ2v) is 5.18. The number of nitrogens with one attached hydrogen (secondary N) is 2. The van der Waals surface area contributed by atoms with E-state index in [9.17, 15) is 0 Å². The van der Waals surface area contributed by atoms with Gasteiger partial charge in [0.05, 0.1) is 6.61 Å². The van der Waals surface area contributed by atoms with Crippen molar-refractivity contribution in [1.29, 1.82) is 0 Å². The van der Waals surface area contributed by atoms with Crippen LogP contribution in [0.1, 0.15) is 38.2 Å². The SMILES string of the molecule is CC(CC1CCCCN1)NOCc1ccccc1. The third-order valence-corrected chi connectivity index (χ3v) is 3.42. The number of hydrogen-bond acceptors (Lipinski definition) is 3. The molecule has 1 aliphatic rings. The fourth-order valence-electron chi connectivity index (χ4n) is 2.44. The van der Waals surface area contributed by atoms with Crippen molar-refractivity contribution < 1.29 is 4.84 Å². The van der Waals surface area contributed by atoms with E-state index in [0.29, 0.717) is 18.7 Å². The summed E-state index contributed by atoms with van der Waals surface area (Å²) in [6.07, 6.45) is 5.11. The Morgan fingerprint density at radius 1 is 1.33 bits per heavy atom. The van der Waals surface area contributed by atoms with Crippen LogP contribution >= 0.6 is 0 Å². The van der Waals surface area contributed by atoms with E-state index >= 15 is 0 Å². The topological polar surface area (TPSA) is 33.3 Å². The summed E-state index contributed by atoms with van der Waals surface area (Å²) >= 11 is 0. The fraction of sp³-hybridized carbons (Fsp3) is 0.600. The van der Waals surface area contributed by atoms with E-state index in [4.69, 9.17) is 4.84 Å². The molecule has 0 spiro atoms. The van der Waals surface area contributed by atoms with E-state index in [-0.39, 0.29) is 0 Å². The van der Waals surface area contributed by atoms with Gasteiger partial charge in [-0.05, 0) is 38.3 Å². The molecule has 18 heavy (non-hydrogen) atoms. The standard InChI is InChI=1S/C15H24N2O/c1-13(11-15-9-5-6-10-16-15)17-18-12-14-7-3-2-4-8-14/h2-4,7-8,13,15-17H,5-6,9-12H2,1H3. The maximum atomic E-state index is 5.55. The van der Waals surface area contributed by atoms with Crippen LogP contribution < -0.4 is 10.8 Å². The molecule has 1 saturated heterocycles. The van der Waals surface area contributed by atoms with E-state index in [0.717, 1.165) is 6.42 Å². The molecule has 100 valence electrons. The summed E-state index contributed by atoms with van der Waals surface area (Å²) in [5.74, 6) is 0. The maximum Gasteiger partial charge on any atom is 0.0933 e. The normalized spacial score (nSPS) is 21.7. The molecule has 0 aromatic heterocycles. The van der Waals surface area contributed by atoms with E-state index in [2.05, 4.69) is 29.9 Å². The zero-order chi connectivity index (χ0) is 12.6. The van der Waals surface area contributed by atoms with Crippen molar-refractivity contribution >= 4 is 0 Å². The van der Waals surface area contributed by atoms with Gasteiger partial charge >= 0.3 is 0 Å². The minimum atomic E-state index is 0.393. The van der Waals surface area contributed by atoms with Gasteiger partial charge in [-0.3, -0.25) is 4.84 Å². The maximum absolute atomic E-state index is 5.55. The van der Waals surface area contributed by atoms with Crippen molar-refractivity contribution in [2.75, 3.05) is 6.54 Å². The lowest BCUT2D eigenvalue weighted by Gasteiger charge is -2.26. The molecule has 2 rings (SSSR count). The van der Waals surface area contributed by atoms with Crippen LogP contribution in [-0.4, -0.2) is 18.6 Å². The molecule has 1 fully saturated rings. The smallest absolute Gasteiger partial charge is 0.0933 e. The quantitative estimate of drug-likeness (QED) is 0.759. The van der Waals surface area contributed by atoms with E-state index in [1.807, 2.05) is 18.2 Å². The van der Waals surface area contributed by atoms with Gasteiger partial charge in [0.15, 0.2) is 0 Å². The van der Waals surface area contributed by atoms with Crippen LogP contribution in [0.15, 0.2) is 30.3 Å². The lowest BCUT2D eigenvalue weighted by atomic mass is 9.99. The Balaban J connectivity index is 1.61. The summed E-state index contributed by atoms with van der Waals surface area (Å²) in [5.41, 5.74) is 4.34. The molecule has 0 saturated carbocycles. The van der Waals surface area contributed by atoms with Crippen LogP contribution in [0.4, 0.5) is 0 Å². The monoisotopic (exact) mass is 248 g/mol. The zero-order valence-corrected chi connectivity index (χ0v) is 11.2. The van der Waals surface area contributed by atoms with E-state index in [1.54, 1.807) is 0 Å². The first-order valence-corrected chi connectivity index (χ1v) is 6.99. The molecular formula is C15H24N2O. The van der Waals surface area contributed by atoms with Gasteiger partial charge in [-0.15, -0.1) is 0 Å². The Labute approximate surface area is 110 Å². The van der Waals surface area contributed by atoms with Gasteiger partial charge in [-0.2, -0.15) is 5.48 Å². The third kappa shape index (κ3) is 4.77. The molecule has 2 atom stereocenters. The van der Waals surface area contributed by atoms with E-state index < -0.39 is 0 Å². The van der Waals surface area contributed by atoms with Crippen LogP contribution in [0.3, 0.4) is 0 Å². The summed E-state index contributed by atoms with van der Waals surface area (Å²) in [7, 11) is 0. The molecule has 1 aromatic carbocycles. The molecule has 0 bridgehead atoms. The average molecular weight is 248 g/mol. The Morgan fingerprint density at radius 2 is 2.17 bits per heavy atom. The summed E-state index contributed by atoms with van der Waals surface area (Å²) in [5, 5.41) is 3.56. The summed E-state index contributed by atoms with van der Waals surface area (Å²) in [6.45, 7) is 3.98. The highest BCUT2D eigenvalue weighted by molar-refractivity contribution is 5.13. The first-order chi connectivity index (χ1) is 8.84. The molecule has 0 radical (unpaired) electrons. The lowest BCUT2D eigenvalue weighted by Crippen LogP contribution is -2.39. The molecule has 3 nitrogen and oxygen atoms in total. The second kappa shape index (κ2) is 7.52. The zero-order valence-electron chi connectivity index (χ0n) is 11.2. The number of hydrogen-bond donors (Lipinski definition) is 2. The summed E-state index contributed by atoms with van der Waals surface area (Å²) in [6, 6.07) is 11.3. The first-order valence-electron chi connectivity index (χ1n) is 6.99.